The van der Waals surface area contributed by atoms with Crippen LogP contribution in [0, 0.1) is 25.5 Å². The van der Waals surface area contributed by atoms with Crippen molar-refractivity contribution >= 4 is 17.5 Å². The Balaban J connectivity index is 1.77. The lowest BCUT2D eigenvalue weighted by atomic mass is 10.2. The molecule has 166 valence electrons. The van der Waals surface area contributed by atoms with Crippen LogP contribution in [-0.4, -0.2) is 30.9 Å². The number of ether oxygens (including phenoxy) is 1. The van der Waals surface area contributed by atoms with Gasteiger partial charge in [0.25, 0.3) is 0 Å². The van der Waals surface area contributed by atoms with E-state index in [-0.39, 0.29) is 18.1 Å². The van der Waals surface area contributed by atoms with Crippen molar-refractivity contribution in [3.8, 4) is 17.3 Å². The first-order chi connectivity index (χ1) is 15.4. The minimum absolute atomic E-state index is 0.0853. The van der Waals surface area contributed by atoms with E-state index in [4.69, 9.17) is 10.5 Å². The highest BCUT2D eigenvalue weighted by Crippen LogP contribution is 2.30. The van der Waals surface area contributed by atoms with Crippen molar-refractivity contribution in [3.63, 3.8) is 0 Å². The molecule has 0 bridgehead atoms. The number of hydrogen-bond donors (Lipinski definition) is 2. The predicted octanol–water partition coefficient (Wildman–Crippen LogP) is 4.06. The fraction of sp³-hybridized carbons (Fsp3) is 0.273. The molecule has 3 aromatic heterocycles. The molecule has 4 rings (SSSR count). The number of hydrogen-bond acceptors (Lipinski definition) is 7. The molecule has 0 aliphatic carbocycles. The van der Waals surface area contributed by atoms with E-state index < -0.39 is 11.6 Å². The van der Waals surface area contributed by atoms with Crippen LogP contribution in [0.4, 0.5) is 20.7 Å². The zero-order valence-electron chi connectivity index (χ0n) is 18.0. The van der Waals surface area contributed by atoms with Crippen molar-refractivity contribution < 1.29 is 13.5 Å². The van der Waals surface area contributed by atoms with Gasteiger partial charge in [-0.25, -0.2) is 13.8 Å². The van der Waals surface area contributed by atoms with E-state index in [0.717, 1.165) is 12.0 Å². The molecule has 4 aromatic rings. The lowest BCUT2D eigenvalue weighted by Gasteiger charge is -2.11. The summed E-state index contributed by atoms with van der Waals surface area (Å²) in [4.78, 5) is 17.5. The van der Waals surface area contributed by atoms with Crippen LogP contribution in [0.5, 0.6) is 5.75 Å². The molecule has 0 spiro atoms. The Morgan fingerprint density at radius 2 is 1.84 bits per heavy atom. The molecule has 0 aliphatic rings. The SMILES string of the molecule is CCCNc1nc(N)nc(-c2c(C)nc3c(OCc4c(F)cccc4F)cc(C)cn23)n1. The lowest BCUT2D eigenvalue weighted by molar-refractivity contribution is 0.294. The molecule has 1 aromatic carbocycles. The normalized spacial score (nSPS) is 11.2. The number of fused-ring (bicyclic) bond motifs is 1. The van der Waals surface area contributed by atoms with Gasteiger partial charge in [0.15, 0.2) is 17.2 Å². The molecule has 3 N–H and O–H groups in total. The Kier molecular flexibility index (Phi) is 5.85. The summed E-state index contributed by atoms with van der Waals surface area (Å²) >= 11 is 0. The summed E-state index contributed by atoms with van der Waals surface area (Å²) in [6, 6.07) is 5.47. The van der Waals surface area contributed by atoms with Gasteiger partial charge in [-0.15, -0.1) is 0 Å². The van der Waals surface area contributed by atoms with E-state index in [9.17, 15) is 8.78 Å². The van der Waals surface area contributed by atoms with Crippen LogP contribution in [0.15, 0.2) is 30.5 Å². The third-order valence-corrected chi connectivity index (χ3v) is 4.83. The van der Waals surface area contributed by atoms with Crippen LogP contribution in [0.2, 0.25) is 0 Å². The summed E-state index contributed by atoms with van der Waals surface area (Å²) in [5, 5.41) is 3.11. The van der Waals surface area contributed by atoms with Gasteiger partial charge >= 0.3 is 0 Å². The molecule has 0 amide bonds. The van der Waals surface area contributed by atoms with Crippen LogP contribution in [0.3, 0.4) is 0 Å². The van der Waals surface area contributed by atoms with Crippen molar-refractivity contribution in [3.05, 3.63) is 58.9 Å². The fourth-order valence-electron chi connectivity index (χ4n) is 3.37. The van der Waals surface area contributed by atoms with Crippen LogP contribution >= 0.6 is 0 Å². The first-order valence-electron chi connectivity index (χ1n) is 10.2. The monoisotopic (exact) mass is 439 g/mol. The number of anilines is 2. The summed E-state index contributed by atoms with van der Waals surface area (Å²) in [5.41, 5.74) is 8.35. The van der Waals surface area contributed by atoms with Crippen LogP contribution in [-0.2, 0) is 6.61 Å². The molecule has 3 heterocycles. The number of pyridine rings is 1. The maximum atomic E-state index is 14.0. The molecule has 0 saturated carbocycles. The molecule has 0 saturated heterocycles. The molecular formula is C22H23F2N7O. The second-order valence-electron chi connectivity index (χ2n) is 7.38. The van der Waals surface area contributed by atoms with Gasteiger partial charge in [0.1, 0.15) is 23.9 Å². The van der Waals surface area contributed by atoms with Crippen molar-refractivity contribution in [2.24, 2.45) is 0 Å². The van der Waals surface area contributed by atoms with Gasteiger partial charge in [0.05, 0.1) is 11.3 Å². The number of nitrogens with zero attached hydrogens (tertiary/aromatic N) is 5. The summed E-state index contributed by atoms with van der Waals surface area (Å²) in [6.07, 6.45) is 2.76. The van der Waals surface area contributed by atoms with Gasteiger partial charge in [-0.1, -0.05) is 13.0 Å². The number of imidazole rings is 1. The van der Waals surface area contributed by atoms with E-state index in [1.165, 1.54) is 18.2 Å². The highest BCUT2D eigenvalue weighted by molar-refractivity contribution is 5.67. The third kappa shape index (κ3) is 4.16. The molecule has 0 fully saturated rings. The number of benzene rings is 1. The molecule has 0 radical (unpaired) electrons. The third-order valence-electron chi connectivity index (χ3n) is 4.83. The first kappa shape index (κ1) is 21.4. The zero-order valence-corrected chi connectivity index (χ0v) is 18.0. The van der Waals surface area contributed by atoms with Crippen molar-refractivity contribution in [1.82, 2.24) is 24.3 Å². The molecule has 10 heteroatoms. The van der Waals surface area contributed by atoms with Gasteiger partial charge in [-0.05, 0) is 44.0 Å². The number of halogens is 2. The Hall–Kier alpha value is -3.82. The maximum Gasteiger partial charge on any atom is 0.228 e. The molecular weight excluding hydrogens is 416 g/mol. The molecule has 8 nitrogen and oxygen atoms in total. The zero-order chi connectivity index (χ0) is 22.8. The smallest absolute Gasteiger partial charge is 0.228 e. The summed E-state index contributed by atoms with van der Waals surface area (Å²) in [7, 11) is 0. The van der Waals surface area contributed by atoms with E-state index in [2.05, 4.69) is 25.3 Å². The van der Waals surface area contributed by atoms with Gasteiger partial charge in [0, 0.05) is 12.7 Å². The number of aryl methyl sites for hydroxylation is 2. The summed E-state index contributed by atoms with van der Waals surface area (Å²) in [5.74, 6) is -0.126. The van der Waals surface area contributed by atoms with Gasteiger partial charge in [0.2, 0.25) is 11.9 Å². The number of rotatable bonds is 7. The predicted molar refractivity (Wildman–Crippen MR) is 117 cm³/mol. The first-order valence-corrected chi connectivity index (χ1v) is 10.2. The summed E-state index contributed by atoms with van der Waals surface area (Å²) in [6.45, 7) is 6.15. The van der Waals surface area contributed by atoms with Gasteiger partial charge in [-0.3, -0.25) is 4.40 Å². The second-order valence-corrected chi connectivity index (χ2v) is 7.38. The fourth-order valence-corrected chi connectivity index (χ4v) is 3.37. The number of nitrogens with one attached hydrogen (secondary N) is 1. The van der Waals surface area contributed by atoms with Crippen LogP contribution in [0.25, 0.3) is 17.2 Å². The highest BCUT2D eigenvalue weighted by atomic mass is 19.1. The second kappa shape index (κ2) is 8.74. The standard InChI is InChI=1S/C22H23F2N7O/c1-4-8-26-22-29-19(28-21(25)30-22)18-13(3)27-20-17(9-12(2)10-31(18)20)32-11-14-15(23)6-5-7-16(14)24/h5-7,9-10H,4,8,11H2,1-3H3,(H3,25,26,28,29,30). The number of nitrogens with two attached hydrogens (primary N) is 1. The quantitative estimate of drug-likeness (QED) is 0.447. The molecule has 0 atom stereocenters. The van der Waals surface area contributed by atoms with Gasteiger partial charge in [-0.2, -0.15) is 15.0 Å². The van der Waals surface area contributed by atoms with E-state index in [0.29, 0.717) is 41.1 Å². The van der Waals surface area contributed by atoms with Crippen molar-refractivity contribution in [2.45, 2.75) is 33.8 Å². The molecule has 0 aliphatic heterocycles. The van der Waals surface area contributed by atoms with Crippen molar-refractivity contribution in [1.29, 1.82) is 0 Å². The maximum absolute atomic E-state index is 14.0. The Morgan fingerprint density at radius 1 is 1.09 bits per heavy atom. The lowest BCUT2D eigenvalue weighted by Crippen LogP contribution is -2.09. The average Bonchev–Trinajstić information content (AvgIpc) is 3.07. The van der Waals surface area contributed by atoms with E-state index >= 15 is 0 Å². The Bertz CT molecular complexity index is 1270. The Morgan fingerprint density at radius 3 is 2.56 bits per heavy atom. The minimum Gasteiger partial charge on any atom is -0.485 e. The Labute approximate surface area is 183 Å². The van der Waals surface area contributed by atoms with Crippen LogP contribution < -0.4 is 15.8 Å². The number of aromatic nitrogens is 5. The molecule has 32 heavy (non-hydrogen) atoms. The topological polar surface area (TPSA) is 103 Å². The summed E-state index contributed by atoms with van der Waals surface area (Å²) < 4.78 is 35.6. The van der Waals surface area contributed by atoms with Crippen molar-refractivity contribution in [2.75, 3.05) is 17.6 Å². The van der Waals surface area contributed by atoms with Crippen LogP contribution in [0.1, 0.15) is 30.2 Å². The minimum atomic E-state index is -0.665. The molecule has 0 unspecified atom stereocenters. The van der Waals surface area contributed by atoms with E-state index in [1.807, 2.05) is 27.0 Å². The highest BCUT2D eigenvalue weighted by Gasteiger charge is 2.19. The number of nitrogen functional groups attached to an aromatic ring is 1. The largest absolute Gasteiger partial charge is 0.485 e. The van der Waals surface area contributed by atoms with E-state index in [1.54, 1.807) is 10.5 Å². The van der Waals surface area contributed by atoms with Gasteiger partial charge < -0.3 is 15.8 Å². The average molecular weight is 439 g/mol.